The van der Waals surface area contributed by atoms with E-state index in [-0.39, 0.29) is 6.04 Å². The van der Waals surface area contributed by atoms with Crippen LogP contribution in [0.25, 0.3) is 5.65 Å². The number of rotatable bonds is 6. The first kappa shape index (κ1) is 21.6. The molecule has 4 aromatic rings. The van der Waals surface area contributed by atoms with Crippen LogP contribution in [0.15, 0.2) is 42.9 Å². The van der Waals surface area contributed by atoms with Gasteiger partial charge in [0.15, 0.2) is 17.3 Å². The molecular formula is C24H23ClN10. The van der Waals surface area contributed by atoms with Crippen LogP contribution in [0.2, 0.25) is 5.02 Å². The molecule has 1 saturated heterocycles. The zero-order chi connectivity index (χ0) is 23.8. The lowest BCUT2D eigenvalue weighted by molar-refractivity contribution is 0.521. The Bertz CT molecular complexity index is 1400. The van der Waals surface area contributed by atoms with Crippen LogP contribution >= 0.6 is 11.6 Å². The average molecular weight is 487 g/mol. The standard InChI is InChI=1S/C24H23ClN10/c25-19-13-28-24(30-17-7-10-35-20(15-1-2-15)14-27-22(35)11-17)31-23(19)29-16-5-8-34(9-6-16)21-4-3-18(12-26)32-33-21/h3-4,7,10-11,13-16H,1-2,5-6,8-9H2,(H2,28,29,30,31). The van der Waals surface area contributed by atoms with Gasteiger partial charge in [0.25, 0.3) is 0 Å². The first-order valence-corrected chi connectivity index (χ1v) is 12.1. The van der Waals surface area contributed by atoms with Crippen molar-refractivity contribution in [1.82, 2.24) is 29.5 Å². The summed E-state index contributed by atoms with van der Waals surface area (Å²) in [7, 11) is 0. The Hall–Kier alpha value is -3.97. The highest BCUT2D eigenvalue weighted by Crippen LogP contribution is 2.40. The van der Waals surface area contributed by atoms with Gasteiger partial charge in [-0.2, -0.15) is 10.2 Å². The fraction of sp³-hybridized carbons (Fsp3) is 0.333. The molecule has 1 aliphatic heterocycles. The highest BCUT2D eigenvalue weighted by molar-refractivity contribution is 6.32. The zero-order valence-corrected chi connectivity index (χ0v) is 19.7. The predicted octanol–water partition coefficient (Wildman–Crippen LogP) is 4.14. The molecule has 11 heteroatoms. The van der Waals surface area contributed by atoms with Gasteiger partial charge < -0.3 is 19.9 Å². The maximum atomic E-state index is 8.90. The third kappa shape index (κ3) is 4.55. The summed E-state index contributed by atoms with van der Waals surface area (Å²) in [6, 6.07) is 9.76. The van der Waals surface area contributed by atoms with Crippen molar-refractivity contribution in [3.63, 3.8) is 0 Å². The Balaban J connectivity index is 1.10. The lowest BCUT2D eigenvalue weighted by Gasteiger charge is -2.33. The molecule has 2 N–H and O–H groups in total. The summed E-state index contributed by atoms with van der Waals surface area (Å²) in [5, 5.41) is 24.2. The van der Waals surface area contributed by atoms with Gasteiger partial charge in [0, 0.05) is 54.9 Å². The van der Waals surface area contributed by atoms with Crippen LogP contribution in [0, 0.1) is 11.3 Å². The number of anilines is 4. The number of hydrogen-bond acceptors (Lipinski definition) is 9. The highest BCUT2D eigenvalue weighted by atomic mass is 35.5. The van der Waals surface area contributed by atoms with Crippen molar-refractivity contribution in [2.24, 2.45) is 0 Å². The summed E-state index contributed by atoms with van der Waals surface area (Å²) in [4.78, 5) is 15.7. The van der Waals surface area contributed by atoms with Gasteiger partial charge in [-0.05, 0) is 43.9 Å². The van der Waals surface area contributed by atoms with Gasteiger partial charge in [-0.1, -0.05) is 11.6 Å². The Morgan fingerprint density at radius 3 is 2.63 bits per heavy atom. The number of nitrogens with one attached hydrogen (secondary N) is 2. The van der Waals surface area contributed by atoms with Gasteiger partial charge in [-0.3, -0.25) is 0 Å². The van der Waals surface area contributed by atoms with Crippen LogP contribution in [0.5, 0.6) is 0 Å². The normalized spacial score (nSPS) is 16.3. The molecule has 0 atom stereocenters. The van der Waals surface area contributed by atoms with E-state index in [1.54, 1.807) is 12.3 Å². The topological polar surface area (TPSA) is 120 Å². The number of nitriles is 1. The van der Waals surface area contributed by atoms with Gasteiger partial charge in [-0.25, -0.2) is 9.97 Å². The van der Waals surface area contributed by atoms with E-state index in [0.29, 0.717) is 28.4 Å². The van der Waals surface area contributed by atoms with Crippen molar-refractivity contribution >= 4 is 40.5 Å². The highest BCUT2D eigenvalue weighted by Gasteiger charge is 2.26. The molecule has 0 bridgehead atoms. The average Bonchev–Trinajstić information content (AvgIpc) is 3.65. The molecular weight excluding hydrogens is 464 g/mol. The van der Waals surface area contributed by atoms with E-state index in [9.17, 15) is 0 Å². The van der Waals surface area contributed by atoms with Crippen molar-refractivity contribution in [1.29, 1.82) is 5.26 Å². The number of hydrogen-bond donors (Lipinski definition) is 2. The van der Waals surface area contributed by atoms with Crippen molar-refractivity contribution in [2.75, 3.05) is 28.6 Å². The van der Waals surface area contributed by atoms with E-state index in [1.807, 2.05) is 36.7 Å². The number of pyridine rings is 1. The maximum Gasteiger partial charge on any atom is 0.229 e. The molecule has 0 radical (unpaired) electrons. The maximum absolute atomic E-state index is 8.90. The minimum Gasteiger partial charge on any atom is -0.366 e. The number of nitrogens with zero attached hydrogens (tertiary/aromatic N) is 8. The molecule has 1 saturated carbocycles. The quantitative estimate of drug-likeness (QED) is 0.414. The van der Waals surface area contributed by atoms with Crippen LogP contribution in [0.3, 0.4) is 0 Å². The van der Waals surface area contributed by atoms with Crippen LogP contribution < -0.4 is 15.5 Å². The van der Waals surface area contributed by atoms with Gasteiger partial charge in [0.1, 0.15) is 16.7 Å². The summed E-state index contributed by atoms with van der Waals surface area (Å²) >= 11 is 6.40. The molecule has 2 aliphatic rings. The fourth-order valence-corrected chi connectivity index (χ4v) is 4.56. The van der Waals surface area contributed by atoms with Gasteiger partial charge in [0.2, 0.25) is 5.95 Å². The van der Waals surface area contributed by atoms with Crippen molar-refractivity contribution in [2.45, 2.75) is 37.6 Å². The molecule has 2 fully saturated rings. The molecule has 6 rings (SSSR count). The Labute approximate surface area is 207 Å². The van der Waals surface area contributed by atoms with Crippen LogP contribution in [0.1, 0.15) is 43.0 Å². The van der Waals surface area contributed by atoms with Crippen molar-refractivity contribution in [3.8, 4) is 6.07 Å². The number of halogens is 1. The molecule has 0 spiro atoms. The second-order valence-corrected chi connectivity index (χ2v) is 9.32. The Kier molecular flexibility index (Phi) is 5.54. The van der Waals surface area contributed by atoms with E-state index >= 15 is 0 Å². The molecule has 35 heavy (non-hydrogen) atoms. The van der Waals surface area contributed by atoms with Gasteiger partial charge >= 0.3 is 0 Å². The largest absolute Gasteiger partial charge is 0.366 e. The number of piperidine rings is 1. The molecule has 0 aromatic carbocycles. The smallest absolute Gasteiger partial charge is 0.229 e. The molecule has 10 nitrogen and oxygen atoms in total. The lowest BCUT2D eigenvalue weighted by atomic mass is 10.1. The van der Waals surface area contributed by atoms with E-state index in [4.69, 9.17) is 16.9 Å². The third-order valence-corrected chi connectivity index (χ3v) is 6.74. The molecule has 1 aliphatic carbocycles. The molecule has 176 valence electrons. The minimum atomic E-state index is 0.222. The third-order valence-electron chi connectivity index (χ3n) is 6.46. The van der Waals surface area contributed by atoms with Crippen LogP contribution in [-0.4, -0.2) is 48.7 Å². The van der Waals surface area contributed by atoms with Gasteiger partial charge in [0.05, 0.1) is 6.20 Å². The number of fused-ring (bicyclic) bond motifs is 1. The first-order chi connectivity index (χ1) is 17.2. The second-order valence-electron chi connectivity index (χ2n) is 8.91. The van der Waals surface area contributed by atoms with E-state index < -0.39 is 0 Å². The summed E-state index contributed by atoms with van der Waals surface area (Å²) in [5.41, 5.74) is 3.37. The summed E-state index contributed by atoms with van der Waals surface area (Å²) in [5.74, 6) is 2.51. The van der Waals surface area contributed by atoms with Gasteiger partial charge in [-0.15, -0.1) is 10.2 Å². The van der Waals surface area contributed by atoms with E-state index in [0.717, 1.165) is 43.1 Å². The Morgan fingerprint density at radius 2 is 1.89 bits per heavy atom. The summed E-state index contributed by atoms with van der Waals surface area (Å²) in [6.45, 7) is 1.64. The minimum absolute atomic E-state index is 0.222. The fourth-order valence-electron chi connectivity index (χ4n) is 4.42. The summed E-state index contributed by atoms with van der Waals surface area (Å²) in [6.07, 6.45) is 9.89. The molecule has 4 aromatic heterocycles. The van der Waals surface area contributed by atoms with E-state index in [1.165, 1.54) is 18.5 Å². The number of aromatic nitrogens is 6. The van der Waals surface area contributed by atoms with Crippen LogP contribution in [0.4, 0.5) is 23.3 Å². The van der Waals surface area contributed by atoms with Crippen molar-refractivity contribution < 1.29 is 0 Å². The molecule has 0 amide bonds. The Morgan fingerprint density at radius 1 is 1.03 bits per heavy atom. The SMILES string of the molecule is N#Cc1ccc(N2CCC(Nc3nc(Nc4ccn5c(C6CC6)cnc5c4)ncc3Cl)CC2)nn1. The molecule has 0 unspecified atom stereocenters. The van der Waals surface area contributed by atoms with E-state index in [2.05, 4.69) is 45.1 Å². The lowest BCUT2D eigenvalue weighted by Crippen LogP contribution is -2.39. The first-order valence-electron chi connectivity index (χ1n) is 11.7. The summed E-state index contributed by atoms with van der Waals surface area (Å²) < 4.78 is 2.15. The number of imidazole rings is 1. The van der Waals surface area contributed by atoms with Crippen LogP contribution in [-0.2, 0) is 0 Å². The predicted molar refractivity (Wildman–Crippen MR) is 133 cm³/mol. The second kappa shape index (κ2) is 9.00. The zero-order valence-electron chi connectivity index (χ0n) is 18.9. The molecule has 5 heterocycles. The monoisotopic (exact) mass is 486 g/mol. The van der Waals surface area contributed by atoms with Crippen molar-refractivity contribution in [3.05, 3.63) is 59.3 Å².